The second kappa shape index (κ2) is 4.46. The number of nitrogens with zero attached hydrogens (tertiary/aromatic N) is 1. The van der Waals surface area contributed by atoms with E-state index in [9.17, 15) is 5.11 Å². The molecule has 17 heavy (non-hydrogen) atoms. The SMILES string of the molecule is CC1CCC(O)(c2cc(Cl)cnc2N)CC1C. The Morgan fingerprint density at radius 2 is 2.18 bits per heavy atom. The lowest BCUT2D eigenvalue weighted by Gasteiger charge is -2.39. The summed E-state index contributed by atoms with van der Waals surface area (Å²) in [5, 5.41) is 11.3. The molecule has 1 heterocycles. The van der Waals surface area contributed by atoms with Gasteiger partial charge in [-0.25, -0.2) is 4.98 Å². The van der Waals surface area contributed by atoms with Gasteiger partial charge in [0.15, 0.2) is 0 Å². The third-order valence-electron chi connectivity index (χ3n) is 4.03. The topological polar surface area (TPSA) is 59.1 Å². The highest BCUT2D eigenvalue weighted by atomic mass is 35.5. The molecule has 0 aromatic carbocycles. The van der Waals surface area contributed by atoms with Gasteiger partial charge < -0.3 is 10.8 Å². The predicted octanol–water partition coefficient (Wildman–Crippen LogP) is 2.96. The Labute approximate surface area is 107 Å². The van der Waals surface area contributed by atoms with Crippen molar-refractivity contribution >= 4 is 17.4 Å². The molecule has 0 radical (unpaired) electrons. The molecule has 1 aliphatic carbocycles. The summed E-state index contributed by atoms with van der Waals surface area (Å²) in [6.45, 7) is 4.40. The van der Waals surface area contributed by atoms with E-state index in [0.29, 0.717) is 28.2 Å². The van der Waals surface area contributed by atoms with Gasteiger partial charge in [0.1, 0.15) is 5.82 Å². The van der Waals surface area contributed by atoms with E-state index in [1.165, 1.54) is 6.20 Å². The summed E-state index contributed by atoms with van der Waals surface area (Å²) in [7, 11) is 0. The van der Waals surface area contributed by atoms with Crippen LogP contribution in [0.1, 0.15) is 38.7 Å². The van der Waals surface area contributed by atoms with Crippen LogP contribution in [0.3, 0.4) is 0 Å². The monoisotopic (exact) mass is 254 g/mol. The number of rotatable bonds is 1. The van der Waals surface area contributed by atoms with Crippen LogP contribution in [-0.2, 0) is 5.60 Å². The summed E-state index contributed by atoms with van der Waals surface area (Å²) >= 11 is 5.93. The van der Waals surface area contributed by atoms with Gasteiger partial charge in [0.2, 0.25) is 0 Å². The molecule has 3 unspecified atom stereocenters. The molecule has 3 N–H and O–H groups in total. The standard InChI is InChI=1S/C13H19ClN2O/c1-8-3-4-13(17,6-9(8)2)11-5-10(14)7-16-12(11)15/h5,7-9,17H,3-4,6H2,1-2H3,(H2,15,16). The van der Waals surface area contributed by atoms with E-state index in [-0.39, 0.29) is 0 Å². The Bertz CT molecular complexity index is 424. The van der Waals surface area contributed by atoms with Gasteiger partial charge in [-0.2, -0.15) is 0 Å². The molecule has 0 aliphatic heterocycles. The predicted molar refractivity (Wildman–Crippen MR) is 69.7 cm³/mol. The number of halogens is 1. The quantitative estimate of drug-likeness (QED) is 0.810. The highest BCUT2D eigenvalue weighted by Crippen LogP contribution is 2.44. The summed E-state index contributed by atoms with van der Waals surface area (Å²) in [5.74, 6) is 1.51. The lowest BCUT2D eigenvalue weighted by atomic mass is 9.70. The van der Waals surface area contributed by atoms with Gasteiger partial charge in [-0.05, 0) is 37.2 Å². The molecule has 0 amide bonds. The van der Waals surface area contributed by atoms with Crippen molar-refractivity contribution in [2.75, 3.05) is 5.73 Å². The Morgan fingerprint density at radius 1 is 1.47 bits per heavy atom. The molecule has 3 nitrogen and oxygen atoms in total. The normalized spacial score (nSPS) is 33.6. The number of aliphatic hydroxyl groups is 1. The molecule has 2 rings (SSSR count). The molecule has 1 aromatic heterocycles. The zero-order valence-electron chi connectivity index (χ0n) is 10.3. The van der Waals surface area contributed by atoms with Crippen molar-refractivity contribution in [3.8, 4) is 0 Å². The number of nitrogens with two attached hydrogens (primary N) is 1. The maximum absolute atomic E-state index is 10.8. The van der Waals surface area contributed by atoms with Crippen LogP contribution in [0.5, 0.6) is 0 Å². The van der Waals surface area contributed by atoms with Crippen LogP contribution in [0.4, 0.5) is 5.82 Å². The smallest absolute Gasteiger partial charge is 0.129 e. The number of nitrogen functional groups attached to an aromatic ring is 1. The van der Waals surface area contributed by atoms with Gasteiger partial charge in [0, 0.05) is 11.8 Å². The van der Waals surface area contributed by atoms with Gasteiger partial charge in [0.25, 0.3) is 0 Å². The third-order valence-corrected chi connectivity index (χ3v) is 4.24. The fraction of sp³-hybridized carbons (Fsp3) is 0.615. The number of aromatic nitrogens is 1. The van der Waals surface area contributed by atoms with Crippen LogP contribution >= 0.6 is 11.6 Å². The second-order valence-electron chi connectivity index (χ2n) is 5.32. The lowest BCUT2D eigenvalue weighted by Crippen LogP contribution is -2.36. The molecule has 0 spiro atoms. The zero-order valence-corrected chi connectivity index (χ0v) is 11.0. The van der Waals surface area contributed by atoms with E-state index in [1.807, 2.05) is 0 Å². The van der Waals surface area contributed by atoms with Gasteiger partial charge in [-0.15, -0.1) is 0 Å². The Morgan fingerprint density at radius 3 is 2.82 bits per heavy atom. The first kappa shape index (κ1) is 12.7. The van der Waals surface area contributed by atoms with Crippen molar-refractivity contribution in [3.05, 3.63) is 22.8 Å². The van der Waals surface area contributed by atoms with Crippen molar-refractivity contribution in [3.63, 3.8) is 0 Å². The average Bonchev–Trinajstić information content (AvgIpc) is 2.27. The van der Waals surface area contributed by atoms with E-state index in [1.54, 1.807) is 6.07 Å². The summed E-state index contributed by atoms with van der Waals surface area (Å²) < 4.78 is 0. The molecule has 1 aliphatic rings. The number of pyridine rings is 1. The number of hydrogen-bond acceptors (Lipinski definition) is 3. The number of hydrogen-bond donors (Lipinski definition) is 2. The van der Waals surface area contributed by atoms with E-state index in [2.05, 4.69) is 18.8 Å². The first-order valence-electron chi connectivity index (χ1n) is 6.06. The van der Waals surface area contributed by atoms with Crippen LogP contribution in [0.2, 0.25) is 5.02 Å². The van der Waals surface area contributed by atoms with Crippen molar-refractivity contribution in [2.45, 2.75) is 38.7 Å². The van der Waals surface area contributed by atoms with Crippen LogP contribution in [0, 0.1) is 11.8 Å². The molecular weight excluding hydrogens is 236 g/mol. The summed E-state index contributed by atoms with van der Waals surface area (Å²) in [6, 6.07) is 1.74. The summed E-state index contributed by atoms with van der Waals surface area (Å²) in [4.78, 5) is 4.03. The fourth-order valence-electron chi connectivity index (χ4n) is 2.65. The van der Waals surface area contributed by atoms with Crippen LogP contribution in [0.15, 0.2) is 12.3 Å². The average molecular weight is 255 g/mol. The Kier molecular flexibility index (Phi) is 3.32. The maximum Gasteiger partial charge on any atom is 0.129 e. The van der Waals surface area contributed by atoms with E-state index < -0.39 is 5.60 Å². The summed E-state index contributed by atoms with van der Waals surface area (Å²) in [6.07, 6.45) is 3.97. The minimum atomic E-state index is -0.867. The molecule has 1 saturated carbocycles. The highest BCUT2D eigenvalue weighted by molar-refractivity contribution is 6.30. The third kappa shape index (κ3) is 2.40. The van der Waals surface area contributed by atoms with Gasteiger partial charge in [0.05, 0.1) is 10.6 Å². The minimum Gasteiger partial charge on any atom is -0.385 e. The van der Waals surface area contributed by atoms with Gasteiger partial charge >= 0.3 is 0 Å². The molecule has 1 fully saturated rings. The largest absolute Gasteiger partial charge is 0.385 e. The van der Waals surface area contributed by atoms with E-state index >= 15 is 0 Å². The highest BCUT2D eigenvalue weighted by Gasteiger charge is 2.38. The first-order valence-corrected chi connectivity index (χ1v) is 6.44. The fourth-order valence-corrected chi connectivity index (χ4v) is 2.81. The van der Waals surface area contributed by atoms with Crippen LogP contribution < -0.4 is 5.73 Å². The minimum absolute atomic E-state index is 0.388. The number of anilines is 1. The van der Waals surface area contributed by atoms with Crippen molar-refractivity contribution < 1.29 is 5.11 Å². The Balaban J connectivity index is 2.35. The molecular formula is C13H19ClN2O. The molecule has 94 valence electrons. The maximum atomic E-state index is 10.8. The Hall–Kier alpha value is -0.800. The lowest BCUT2D eigenvalue weighted by molar-refractivity contribution is -0.0331. The molecule has 1 aromatic rings. The molecule has 3 atom stereocenters. The van der Waals surface area contributed by atoms with Gasteiger partial charge in [-0.3, -0.25) is 0 Å². The summed E-state index contributed by atoms with van der Waals surface area (Å²) in [5.41, 5.74) is 5.67. The van der Waals surface area contributed by atoms with Crippen molar-refractivity contribution in [1.29, 1.82) is 0 Å². The van der Waals surface area contributed by atoms with Crippen molar-refractivity contribution in [2.24, 2.45) is 11.8 Å². The van der Waals surface area contributed by atoms with Crippen LogP contribution in [-0.4, -0.2) is 10.1 Å². The second-order valence-corrected chi connectivity index (χ2v) is 5.75. The zero-order chi connectivity index (χ0) is 12.6. The molecule has 0 bridgehead atoms. The van der Waals surface area contributed by atoms with Crippen molar-refractivity contribution in [1.82, 2.24) is 4.98 Å². The van der Waals surface area contributed by atoms with Crippen LogP contribution in [0.25, 0.3) is 0 Å². The van der Waals surface area contributed by atoms with E-state index in [4.69, 9.17) is 17.3 Å². The van der Waals surface area contributed by atoms with E-state index in [0.717, 1.165) is 19.3 Å². The first-order chi connectivity index (χ1) is 7.92. The molecule has 0 saturated heterocycles. The molecule has 4 heteroatoms. The van der Waals surface area contributed by atoms with Gasteiger partial charge in [-0.1, -0.05) is 25.4 Å².